The minimum absolute atomic E-state index is 0.0348. The molecule has 1 saturated heterocycles. The molecule has 3 aliphatic heterocycles. The number of esters is 1. The molecular weight excluding hydrogens is 428 g/mol. The number of benzene rings is 2. The van der Waals surface area contributed by atoms with Crippen LogP contribution < -0.4 is 18.9 Å². The molecule has 12 nitrogen and oxygen atoms in total. The van der Waals surface area contributed by atoms with Gasteiger partial charge in [-0.3, -0.25) is 25.0 Å². The fourth-order valence-electron chi connectivity index (χ4n) is 4.20. The third kappa shape index (κ3) is 3.39. The second-order valence-electron chi connectivity index (χ2n) is 7.60. The molecule has 0 aliphatic carbocycles. The van der Waals surface area contributed by atoms with E-state index in [0.29, 0.717) is 16.9 Å². The van der Waals surface area contributed by atoms with E-state index in [-0.39, 0.29) is 67.6 Å². The summed E-state index contributed by atoms with van der Waals surface area (Å²) < 4.78 is 26.2. The largest absolute Gasteiger partial charge is 0.465 e. The Morgan fingerprint density at radius 3 is 2.25 bits per heavy atom. The zero-order valence-corrected chi connectivity index (χ0v) is 16.5. The van der Waals surface area contributed by atoms with Crippen molar-refractivity contribution in [2.24, 2.45) is 11.8 Å². The highest BCUT2D eigenvalue weighted by atomic mass is 16.7. The van der Waals surface area contributed by atoms with Crippen LogP contribution in [-0.2, 0) is 22.4 Å². The third-order valence-corrected chi connectivity index (χ3v) is 5.73. The molecule has 12 heteroatoms. The van der Waals surface area contributed by atoms with Crippen LogP contribution >= 0.6 is 0 Å². The number of cyclic esters (lactones) is 1. The van der Waals surface area contributed by atoms with Gasteiger partial charge < -0.3 is 23.7 Å². The van der Waals surface area contributed by atoms with Gasteiger partial charge in [0.2, 0.25) is 19.3 Å². The van der Waals surface area contributed by atoms with Gasteiger partial charge in [0.1, 0.15) is 0 Å². The molecule has 0 unspecified atom stereocenters. The zero-order chi connectivity index (χ0) is 22.4. The number of hydrogen-bond donors (Lipinski definition) is 0. The number of rotatable bonds is 6. The van der Waals surface area contributed by atoms with Crippen LogP contribution in [0.1, 0.15) is 11.1 Å². The van der Waals surface area contributed by atoms with Gasteiger partial charge in [0, 0.05) is 17.5 Å². The molecule has 0 aromatic heterocycles. The molecule has 0 radical (unpaired) electrons. The van der Waals surface area contributed by atoms with Crippen molar-refractivity contribution in [1.82, 2.24) is 0 Å². The lowest BCUT2D eigenvalue weighted by molar-refractivity contribution is -0.385. The van der Waals surface area contributed by atoms with E-state index in [2.05, 4.69) is 0 Å². The van der Waals surface area contributed by atoms with Gasteiger partial charge in [-0.15, -0.1) is 0 Å². The van der Waals surface area contributed by atoms with Gasteiger partial charge in [-0.1, -0.05) is 0 Å². The van der Waals surface area contributed by atoms with Crippen LogP contribution in [0.5, 0.6) is 23.0 Å². The van der Waals surface area contributed by atoms with E-state index >= 15 is 0 Å². The van der Waals surface area contributed by atoms with Gasteiger partial charge in [-0.2, -0.15) is 0 Å². The molecule has 0 spiro atoms. The standard InChI is InChI=1S/C20H16N2O10/c23-20-13(4-11-5-16-17(30-8-29-16)6-14(11)21(24)25)12(7-28-20)1-10-2-15(22(26)27)19-18(3-10)31-9-32-19/h2-3,5-6,12-13H,1,4,7-9H2/t12-,13+/m1/s1. The van der Waals surface area contributed by atoms with Crippen molar-refractivity contribution in [3.8, 4) is 23.0 Å². The van der Waals surface area contributed by atoms with E-state index in [9.17, 15) is 25.0 Å². The Balaban J connectivity index is 1.43. The Kier molecular flexibility index (Phi) is 4.68. The Labute approximate surface area is 179 Å². The lowest BCUT2D eigenvalue weighted by atomic mass is 9.84. The molecule has 166 valence electrons. The molecule has 2 aromatic rings. The maximum absolute atomic E-state index is 12.5. The number of nitro groups is 2. The lowest BCUT2D eigenvalue weighted by Gasteiger charge is -2.16. The van der Waals surface area contributed by atoms with Crippen molar-refractivity contribution >= 4 is 17.3 Å². The van der Waals surface area contributed by atoms with E-state index in [1.165, 1.54) is 18.2 Å². The summed E-state index contributed by atoms with van der Waals surface area (Å²) in [6.45, 7) is -0.0436. The number of hydrogen-bond acceptors (Lipinski definition) is 10. The topological polar surface area (TPSA) is 150 Å². The number of carbonyl (C=O) groups is 1. The predicted octanol–water partition coefficient (Wildman–Crippen LogP) is 2.53. The van der Waals surface area contributed by atoms with Crippen molar-refractivity contribution in [3.63, 3.8) is 0 Å². The molecule has 2 aromatic carbocycles. The van der Waals surface area contributed by atoms with E-state index in [1.807, 2.05) is 0 Å². The summed E-state index contributed by atoms with van der Waals surface area (Å²) in [5.41, 5.74) is 0.508. The number of fused-ring (bicyclic) bond motifs is 2. The van der Waals surface area contributed by atoms with Crippen LogP contribution in [0.4, 0.5) is 11.4 Å². The number of carbonyl (C=O) groups excluding carboxylic acids is 1. The minimum atomic E-state index is -0.668. The van der Waals surface area contributed by atoms with Crippen LogP contribution in [-0.4, -0.2) is 36.0 Å². The Morgan fingerprint density at radius 1 is 0.812 bits per heavy atom. The highest BCUT2D eigenvalue weighted by molar-refractivity contribution is 5.75. The fraction of sp³-hybridized carbons (Fsp3) is 0.350. The molecule has 0 N–H and O–H groups in total. The average molecular weight is 444 g/mol. The van der Waals surface area contributed by atoms with Gasteiger partial charge in [0.15, 0.2) is 17.2 Å². The van der Waals surface area contributed by atoms with E-state index in [4.69, 9.17) is 23.7 Å². The molecule has 5 rings (SSSR count). The summed E-state index contributed by atoms with van der Waals surface area (Å²) >= 11 is 0. The summed E-state index contributed by atoms with van der Waals surface area (Å²) in [4.78, 5) is 34.3. The van der Waals surface area contributed by atoms with Crippen molar-refractivity contribution < 1.29 is 38.3 Å². The summed E-state index contributed by atoms with van der Waals surface area (Å²) in [7, 11) is 0. The van der Waals surface area contributed by atoms with E-state index in [0.717, 1.165) is 0 Å². The van der Waals surface area contributed by atoms with Gasteiger partial charge in [0.05, 0.1) is 28.4 Å². The van der Waals surface area contributed by atoms with Crippen LogP contribution in [0.2, 0.25) is 0 Å². The summed E-state index contributed by atoms with van der Waals surface area (Å²) in [6.07, 6.45) is 0.343. The third-order valence-electron chi connectivity index (χ3n) is 5.73. The van der Waals surface area contributed by atoms with Crippen LogP contribution in [0, 0.1) is 32.1 Å². The molecule has 2 atom stereocenters. The fourth-order valence-corrected chi connectivity index (χ4v) is 4.20. The van der Waals surface area contributed by atoms with E-state index < -0.39 is 21.7 Å². The Bertz CT molecular complexity index is 1150. The molecule has 3 heterocycles. The van der Waals surface area contributed by atoms with Crippen molar-refractivity contribution in [3.05, 3.63) is 55.6 Å². The van der Waals surface area contributed by atoms with E-state index in [1.54, 1.807) is 6.07 Å². The van der Waals surface area contributed by atoms with Crippen molar-refractivity contribution in [1.29, 1.82) is 0 Å². The zero-order valence-electron chi connectivity index (χ0n) is 16.5. The SMILES string of the molecule is O=C1OC[C@@H](Cc2cc3c(c([N+](=O)[O-])c2)OCO3)[C@@H]1Cc1cc2c(cc1[N+](=O)[O-])OCO2. The van der Waals surface area contributed by atoms with Crippen molar-refractivity contribution in [2.45, 2.75) is 12.8 Å². The van der Waals surface area contributed by atoms with Gasteiger partial charge >= 0.3 is 11.7 Å². The maximum atomic E-state index is 12.5. The second-order valence-corrected chi connectivity index (χ2v) is 7.60. The molecule has 32 heavy (non-hydrogen) atoms. The highest BCUT2D eigenvalue weighted by Crippen LogP contribution is 2.43. The monoisotopic (exact) mass is 444 g/mol. The molecule has 0 amide bonds. The van der Waals surface area contributed by atoms with Crippen molar-refractivity contribution in [2.75, 3.05) is 20.2 Å². The first-order valence-electron chi connectivity index (χ1n) is 9.71. The summed E-state index contributed by atoms with van der Waals surface area (Å²) in [5, 5.41) is 23.0. The number of nitrogens with zero attached hydrogens (tertiary/aromatic N) is 2. The van der Waals surface area contributed by atoms with Gasteiger partial charge in [0.25, 0.3) is 5.69 Å². The first-order chi connectivity index (χ1) is 15.4. The van der Waals surface area contributed by atoms with Gasteiger partial charge in [-0.25, -0.2) is 0 Å². The lowest BCUT2D eigenvalue weighted by Crippen LogP contribution is -2.21. The predicted molar refractivity (Wildman–Crippen MR) is 104 cm³/mol. The molecule has 0 bridgehead atoms. The molecule has 1 fully saturated rings. The average Bonchev–Trinajstić information content (AvgIpc) is 3.48. The number of ether oxygens (including phenoxy) is 5. The highest BCUT2D eigenvalue weighted by Gasteiger charge is 2.39. The summed E-state index contributed by atoms with van der Waals surface area (Å²) in [6, 6.07) is 5.82. The second kappa shape index (κ2) is 7.55. The van der Waals surface area contributed by atoms with Crippen LogP contribution in [0.3, 0.4) is 0 Å². The number of nitro benzene ring substituents is 2. The normalized spacial score (nSPS) is 20.3. The summed E-state index contributed by atoms with van der Waals surface area (Å²) in [5.74, 6) is -0.491. The Morgan fingerprint density at radius 2 is 1.50 bits per heavy atom. The smallest absolute Gasteiger partial charge is 0.315 e. The van der Waals surface area contributed by atoms with Crippen LogP contribution in [0.25, 0.3) is 0 Å². The maximum Gasteiger partial charge on any atom is 0.315 e. The molecule has 3 aliphatic rings. The minimum Gasteiger partial charge on any atom is -0.465 e. The van der Waals surface area contributed by atoms with Gasteiger partial charge in [-0.05, 0) is 30.5 Å². The quantitative estimate of drug-likeness (QED) is 0.369. The molecule has 0 saturated carbocycles. The Hall–Kier alpha value is -4.09. The first kappa shape index (κ1) is 19.8. The first-order valence-corrected chi connectivity index (χ1v) is 9.71. The molecular formula is C20H16N2O10. The van der Waals surface area contributed by atoms with Crippen LogP contribution in [0.15, 0.2) is 24.3 Å².